The molecule has 2 aromatic carbocycles. The van der Waals surface area contributed by atoms with E-state index in [1.54, 1.807) is 13.0 Å². The topological polar surface area (TPSA) is 95.2 Å². The molecule has 1 aromatic heterocycles. The van der Waals surface area contributed by atoms with Crippen LogP contribution in [0.2, 0.25) is 0 Å². The van der Waals surface area contributed by atoms with E-state index >= 15 is 0 Å². The number of imidazole rings is 1. The molecular formula is C22H26N4O3S. The number of hydrogen-bond donors (Lipinski definition) is 2. The van der Waals surface area contributed by atoms with Gasteiger partial charge in [0.25, 0.3) is 5.91 Å². The standard InChI is InChI=1S/C22H26N4O3S/c1-3-23-30(28,29)17-11-10-15(2)18(13-17)22(27)26-12-6-7-16(14-26)21-24-19-8-4-5-9-20(19)25-21/h4-5,8-11,13,16,23H,3,6-7,12,14H2,1-2H3,(H,24,25). The Morgan fingerprint density at radius 3 is 2.83 bits per heavy atom. The van der Waals surface area contributed by atoms with E-state index in [0.29, 0.717) is 25.2 Å². The van der Waals surface area contributed by atoms with Gasteiger partial charge in [0, 0.05) is 31.1 Å². The van der Waals surface area contributed by atoms with Gasteiger partial charge in [0.05, 0.1) is 15.9 Å². The lowest BCUT2D eigenvalue weighted by molar-refractivity contribution is 0.0704. The van der Waals surface area contributed by atoms with Gasteiger partial charge in [0.2, 0.25) is 10.0 Å². The molecule has 0 radical (unpaired) electrons. The number of piperidine rings is 1. The van der Waals surface area contributed by atoms with Crippen LogP contribution in [0.4, 0.5) is 0 Å². The average Bonchev–Trinajstić information content (AvgIpc) is 3.18. The summed E-state index contributed by atoms with van der Waals surface area (Å²) in [6.07, 6.45) is 1.83. The number of carbonyl (C=O) groups excluding carboxylic acids is 1. The highest BCUT2D eigenvalue weighted by Crippen LogP contribution is 2.28. The van der Waals surface area contributed by atoms with Gasteiger partial charge in [-0.1, -0.05) is 25.1 Å². The minimum atomic E-state index is -3.62. The Hall–Kier alpha value is -2.71. The lowest BCUT2D eigenvalue weighted by atomic mass is 9.96. The number of fused-ring (bicyclic) bond motifs is 1. The first-order chi connectivity index (χ1) is 14.4. The molecule has 1 amide bonds. The van der Waals surface area contributed by atoms with Crippen molar-refractivity contribution in [2.24, 2.45) is 0 Å². The molecule has 1 atom stereocenters. The monoisotopic (exact) mass is 426 g/mol. The third-order valence-corrected chi connectivity index (χ3v) is 7.13. The molecule has 1 fully saturated rings. The number of aromatic nitrogens is 2. The Balaban J connectivity index is 1.58. The molecule has 1 unspecified atom stereocenters. The number of nitrogens with one attached hydrogen (secondary N) is 2. The maximum Gasteiger partial charge on any atom is 0.254 e. The maximum atomic E-state index is 13.3. The molecule has 0 spiro atoms. The Morgan fingerprint density at radius 2 is 2.07 bits per heavy atom. The molecule has 8 heteroatoms. The van der Waals surface area contributed by atoms with Gasteiger partial charge in [0.15, 0.2) is 0 Å². The average molecular weight is 427 g/mol. The first kappa shape index (κ1) is 20.6. The number of sulfonamides is 1. The molecule has 158 valence electrons. The van der Waals surface area contributed by atoms with Crippen LogP contribution in [0, 0.1) is 6.92 Å². The number of likely N-dealkylation sites (tertiary alicyclic amines) is 1. The van der Waals surface area contributed by atoms with Crippen LogP contribution in [0.25, 0.3) is 11.0 Å². The summed E-state index contributed by atoms with van der Waals surface area (Å²) < 4.78 is 27.2. The van der Waals surface area contributed by atoms with E-state index < -0.39 is 10.0 Å². The summed E-state index contributed by atoms with van der Waals surface area (Å²) in [5.74, 6) is 0.889. The van der Waals surface area contributed by atoms with Gasteiger partial charge in [-0.05, 0) is 49.6 Å². The predicted molar refractivity (Wildman–Crippen MR) is 116 cm³/mol. The van der Waals surface area contributed by atoms with Crippen LogP contribution < -0.4 is 4.72 Å². The molecule has 4 rings (SSSR count). The third-order valence-electron chi connectivity index (χ3n) is 5.59. The first-order valence-corrected chi connectivity index (χ1v) is 11.7. The zero-order valence-corrected chi connectivity index (χ0v) is 18.0. The van der Waals surface area contributed by atoms with E-state index in [1.807, 2.05) is 36.1 Å². The summed E-state index contributed by atoms with van der Waals surface area (Å²) in [5.41, 5.74) is 3.11. The molecule has 3 aromatic rings. The van der Waals surface area contributed by atoms with Crippen LogP contribution in [-0.2, 0) is 10.0 Å². The summed E-state index contributed by atoms with van der Waals surface area (Å²) >= 11 is 0. The second kappa shape index (κ2) is 8.20. The zero-order valence-electron chi connectivity index (χ0n) is 17.2. The molecule has 1 saturated heterocycles. The highest BCUT2D eigenvalue weighted by atomic mass is 32.2. The maximum absolute atomic E-state index is 13.3. The van der Waals surface area contributed by atoms with Crippen molar-refractivity contribution in [3.05, 3.63) is 59.4 Å². The number of rotatable bonds is 5. The molecule has 30 heavy (non-hydrogen) atoms. The Bertz CT molecular complexity index is 1150. The predicted octanol–water partition coefficient (Wildman–Crippen LogP) is 3.19. The minimum absolute atomic E-state index is 0.115. The fourth-order valence-corrected chi connectivity index (χ4v) is 5.06. The number of H-pyrrole nitrogens is 1. The van der Waals surface area contributed by atoms with Gasteiger partial charge in [0.1, 0.15) is 5.82 Å². The highest BCUT2D eigenvalue weighted by molar-refractivity contribution is 7.89. The molecule has 1 aliphatic rings. The van der Waals surface area contributed by atoms with Crippen molar-refractivity contribution in [1.82, 2.24) is 19.6 Å². The normalized spacial score (nSPS) is 17.4. The van der Waals surface area contributed by atoms with Gasteiger partial charge in [-0.2, -0.15) is 0 Å². The number of hydrogen-bond acceptors (Lipinski definition) is 4. The van der Waals surface area contributed by atoms with E-state index in [-0.39, 0.29) is 16.7 Å². The quantitative estimate of drug-likeness (QED) is 0.655. The summed E-state index contributed by atoms with van der Waals surface area (Å²) in [5, 5.41) is 0. The zero-order chi connectivity index (χ0) is 21.3. The molecule has 2 heterocycles. The minimum Gasteiger partial charge on any atom is -0.342 e. The fraction of sp³-hybridized carbons (Fsp3) is 0.364. The Morgan fingerprint density at radius 1 is 1.27 bits per heavy atom. The molecule has 0 aliphatic carbocycles. The second-order valence-corrected chi connectivity index (χ2v) is 9.47. The number of aromatic amines is 1. The lowest BCUT2D eigenvalue weighted by Crippen LogP contribution is -2.39. The van der Waals surface area contributed by atoms with Crippen molar-refractivity contribution in [2.75, 3.05) is 19.6 Å². The number of aryl methyl sites for hydroxylation is 1. The van der Waals surface area contributed by atoms with Gasteiger partial charge in [-0.25, -0.2) is 18.1 Å². The molecule has 1 aliphatic heterocycles. The number of amides is 1. The van der Waals surface area contributed by atoms with Crippen molar-refractivity contribution in [3.63, 3.8) is 0 Å². The first-order valence-electron chi connectivity index (χ1n) is 10.2. The largest absolute Gasteiger partial charge is 0.342 e. The fourth-order valence-electron chi connectivity index (χ4n) is 3.99. The van der Waals surface area contributed by atoms with E-state index in [1.165, 1.54) is 12.1 Å². The van der Waals surface area contributed by atoms with Crippen LogP contribution >= 0.6 is 0 Å². The van der Waals surface area contributed by atoms with Gasteiger partial charge in [-0.3, -0.25) is 4.79 Å². The molecule has 0 saturated carbocycles. The van der Waals surface area contributed by atoms with Crippen molar-refractivity contribution in [1.29, 1.82) is 0 Å². The molecular weight excluding hydrogens is 400 g/mol. The lowest BCUT2D eigenvalue weighted by Gasteiger charge is -2.32. The number of para-hydroxylation sites is 2. The summed E-state index contributed by atoms with van der Waals surface area (Å²) in [7, 11) is -3.62. The Labute approximate surface area is 176 Å². The smallest absolute Gasteiger partial charge is 0.254 e. The molecule has 0 bridgehead atoms. The summed E-state index contributed by atoms with van der Waals surface area (Å²) in [6.45, 7) is 5.06. The van der Waals surface area contributed by atoms with E-state index in [4.69, 9.17) is 4.98 Å². The van der Waals surface area contributed by atoms with Crippen LogP contribution in [0.1, 0.15) is 47.4 Å². The second-order valence-electron chi connectivity index (χ2n) is 7.71. The third kappa shape index (κ3) is 3.97. The van der Waals surface area contributed by atoms with Gasteiger partial charge < -0.3 is 9.88 Å². The number of benzene rings is 2. The van der Waals surface area contributed by atoms with Gasteiger partial charge in [-0.15, -0.1) is 0 Å². The van der Waals surface area contributed by atoms with Crippen molar-refractivity contribution < 1.29 is 13.2 Å². The number of carbonyl (C=O) groups is 1. The van der Waals surface area contributed by atoms with Crippen LogP contribution in [-0.4, -0.2) is 48.8 Å². The van der Waals surface area contributed by atoms with E-state index in [0.717, 1.165) is 35.3 Å². The summed E-state index contributed by atoms with van der Waals surface area (Å²) in [6, 6.07) is 12.6. The van der Waals surface area contributed by atoms with Gasteiger partial charge >= 0.3 is 0 Å². The SMILES string of the molecule is CCNS(=O)(=O)c1ccc(C)c(C(=O)N2CCCC(c3nc4ccccc4[nH]3)C2)c1. The van der Waals surface area contributed by atoms with Crippen LogP contribution in [0.5, 0.6) is 0 Å². The number of nitrogens with zero attached hydrogens (tertiary/aromatic N) is 2. The summed E-state index contributed by atoms with van der Waals surface area (Å²) in [4.78, 5) is 23.3. The van der Waals surface area contributed by atoms with E-state index in [9.17, 15) is 13.2 Å². The Kier molecular flexibility index (Phi) is 5.62. The van der Waals surface area contributed by atoms with Crippen molar-refractivity contribution in [2.45, 2.75) is 37.5 Å². The van der Waals surface area contributed by atoms with E-state index in [2.05, 4.69) is 9.71 Å². The highest BCUT2D eigenvalue weighted by Gasteiger charge is 2.28. The van der Waals surface area contributed by atoms with Crippen LogP contribution in [0.15, 0.2) is 47.4 Å². The van der Waals surface area contributed by atoms with Crippen LogP contribution in [0.3, 0.4) is 0 Å². The van der Waals surface area contributed by atoms with Crippen molar-refractivity contribution >= 4 is 27.0 Å². The molecule has 7 nitrogen and oxygen atoms in total. The molecule has 2 N–H and O–H groups in total. The van der Waals surface area contributed by atoms with Crippen molar-refractivity contribution in [3.8, 4) is 0 Å².